The molecule has 8 aliphatic rings. The number of carbonyl (C=O) groups excluding carboxylic acids is 1. The van der Waals surface area contributed by atoms with Crippen molar-refractivity contribution in [3.8, 4) is 0 Å². The number of methoxy groups -OCH3 is 2. The quantitative estimate of drug-likeness (QED) is 0.241. The van der Waals surface area contributed by atoms with Crippen LogP contribution >= 0.6 is 0 Å². The maximum Gasteiger partial charge on any atom is 0.309 e. The second-order valence-electron chi connectivity index (χ2n) is 17.7. The van der Waals surface area contributed by atoms with Gasteiger partial charge in [0.25, 0.3) is 0 Å². The van der Waals surface area contributed by atoms with Crippen molar-refractivity contribution in [2.75, 3.05) is 20.8 Å². The normalized spacial score (nSPS) is 51.9. The van der Waals surface area contributed by atoms with Crippen molar-refractivity contribution < 1.29 is 72.2 Å². The molecule has 0 aromatic rings. The van der Waals surface area contributed by atoms with E-state index in [9.17, 15) is 20.1 Å². The van der Waals surface area contributed by atoms with Crippen molar-refractivity contribution >= 4 is 5.97 Å². The molecule has 6 aliphatic heterocycles. The molecule has 0 unspecified atom stereocenters. The molecule has 20 atom stereocenters. The average Bonchev–Trinajstić information content (AvgIpc) is 3.67. The summed E-state index contributed by atoms with van der Waals surface area (Å²) < 4.78 is 66.9. The van der Waals surface area contributed by atoms with Crippen LogP contribution in [0.15, 0.2) is 23.5 Å². The van der Waals surface area contributed by atoms with E-state index in [4.69, 9.17) is 52.1 Å². The third-order valence-corrected chi connectivity index (χ3v) is 14.2. The lowest BCUT2D eigenvalue weighted by Crippen LogP contribution is -2.57. The van der Waals surface area contributed by atoms with Crippen molar-refractivity contribution in [3.05, 3.63) is 23.5 Å². The summed E-state index contributed by atoms with van der Waals surface area (Å²) in [7, 11) is 3.16. The first-order valence-corrected chi connectivity index (χ1v) is 20.6. The van der Waals surface area contributed by atoms with Gasteiger partial charge in [-0.25, -0.2) is 0 Å². The molecule has 0 aromatic carbocycles. The topological polar surface area (TPSA) is 179 Å². The zero-order valence-electron chi connectivity index (χ0n) is 33.7. The first kappa shape index (κ1) is 41.0. The number of hydrogen-bond acceptors (Lipinski definition) is 15. The molecule has 0 amide bonds. The van der Waals surface area contributed by atoms with Gasteiger partial charge in [0.15, 0.2) is 18.9 Å². The molecule has 0 spiro atoms. The Balaban J connectivity index is 0.868. The van der Waals surface area contributed by atoms with Gasteiger partial charge in [0.2, 0.25) is 5.79 Å². The summed E-state index contributed by atoms with van der Waals surface area (Å²) in [5, 5.41) is 33.2. The molecule has 8 rings (SSSR count). The fourth-order valence-electron chi connectivity index (χ4n) is 11.1. The standard InChI is InChI=1S/C41H62O15/c1-19-36(44)29(46-6)14-34(50-19)55-37-20(2)51-32(13-26(37)42)56-38-21(3)52-33(15-30(38)47-7)53-28-12-23-9-10-24-25(40(23,4)16-27(28)43)11-8-22-17-48-41(5)35(22)31(18-49-41)54-39(24)45/h9,17,19-21,24-38,42-44H,8,10-16,18H2,1-7H3/t19-,20+,21+,24+,25-,26-,27+,28+,29-,30-,31+,32-,33-,34-,35+,36-,37+,38+,40-,41-/m0/s1. The first-order valence-electron chi connectivity index (χ1n) is 20.6. The molecule has 0 aromatic heterocycles. The van der Waals surface area contributed by atoms with Crippen LogP contribution in [0.5, 0.6) is 0 Å². The number of allylic oxidation sites excluding steroid dienone is 1. The zero-order chi connectivity index (χ0) is 39.7. The lowest BCUT2D eigenvalue weighted by Gasteiger charge is -2.52. The number of aliphatic hydroxyl groups is 3. The summed E-state index contributed by atoms with van der Waals surface area (Å²) in [5.41, 5.74) is 1.92. The minimum atomic E-state index is -0.897. The van der Waals surface area contributed by atoms with E-state index in [1.807, 2.05) is 20.8 Å². The lowest BCUT2D eigenvalue weighted by molar-refractivity contribution is -0.338. The summed E-state index contributed by atoms with van der Waals surface area (Å²) in [5.74, 6) is -1.40. The molecule has 316 valence electrons. The maximum absolute atomic E-state index is 13.7. The third kappa shape index (κ3) is 7.51. The van der Waals surface area contributed by atoms with Crippen LogP contribution in [-0.2, 0) is 56.9 Å². The Kier molecular flexibility index (Phi) is 11.7. The van der Waals surface area contributed by atoms with Crippen molar-refractivity contribution in [1.82, 2.24) is 0 Å². The Hall–Kier alpha value is -1.73. The van der Waals surface area contributed by atoms with Crippen LogP contribution in [0.3, 0.4) is 0 Å². The molecule has 3 N–H and O–H groups in total. The van der Waals surface area contributed by atoms with Crippen molar-refractivity contribution in [1.29, 1.82) is 0 Å². The molecule has 6 fully saturated rings. The average molecular weight is 795 g/mol. The molecule has 15 heteroatoms. The van der Waals surface area contributed by atoms with Crippen LogP contribution < -0.4 is 0 Å². The van der Waals surface area contributed by atoms with E-state index in [-0.39, 0.29) is 36.2 Å². The van der Waals surface area contributed by atoms with Gasteiger partial charge in [-0.1, -0.05) is 18.6 Å². The predicted molar refractivity (Wildman–Crippen MR) is 194 cm³/mol. The maximum atomic E-state index is 13.7. The highest BCUT2D eigenvalue weighted by Crippen LogP contribution is 2.57. The van der Waals surface area contributed by atoms with Crippen LogP contribution in [0, 0.1) is 23.2 Å². The predicted octanol–water partition coefficient (Wildman–Crippen LogP) is 3.00. The SMILES string of the molecule is CO[C@H]1C[C@H](O[C@H]2[C@@H](O)C[C@H](O[C@H]3[C@@H](OC)C[C@H](O[C@@H]4CC5=CC[C@H]6C(=O)O[C@@H]7CO[C@]8(C)OC=C(CC[C@@H]6[C@@]5(C)C[C@H]4O)[C@H]78)O[C@@H]3C)O[C@@H]2C)O[C@@H](C)[C@@H]1O. The van der Waals surface area contributed by atoms with Crippen LogP contribution in [0.1, 0.15) is 86.0 Å². The van der Waals surface area contributed by atoms with Gasteiger partial charge in [0, 0.05) is 40.4 Å². The van der Waals surface area contributed by atoms with E-state index in [1.54, 1.807) is 27.4 Å². The molecular weight excluding hydrogens is 732 g/mol. The van der Waals surface area contributed by atoms with Crippen molar-refractivity contribution in [3.63, 3.8) is 0 Å². The van der Waals surface area contributed by atoms with Gasteiger partial charge in [-0.2, -0.15) is 0 Å². The molecule has 0 bridgehead atoms. The Morgan fingerprint density at radius 2 is 1.46 bits per heavy atom. The monoisotopic (exact) mass is 794 g/mol. The third-order valence-electron chi connectivity index (χ3n) is 14.2. The van der Waals surface area contributed by atoms with Crippen molar-refractivity contribution in [2.24, 2.45) is 23.2 Å². The molecule has 15 nitrogen and oxygen atoms in total. The van der Waals surface area contributed by atoms with Gasteiger partial charge >= 0.3 is 5.97 Å². The second kappa shape index (κ2) is 16.0. The fraction of sp³-hybridized carbons (Fsp3) is 0.878. The highest BCUT2D eigenvalue weighted by atomic mass is 16.7. The molecular formula is C41H62O15. The number of rotatable bonds is 8. The number of hydrogen-bond donors (Lipinski definition) is 3. The van der Waals surface area contributed by atoms with Gasteiger partial charge in [-0.05, 0) is 69.8 Å². The van der Waals surface area contributed by atoms with Crippen molar-refractivity contribution in [2.45, 2.75) is 184 Å². The second-order valence-corrected chi connectivity index (χ2v) is 17.7. The highest BCUT2D eigenvalue weighted by Gasteiger charge is 2.59. The molecule has 56 heavy (non-hydrogen) atoms. The largest absolute Gasteiger partial charge is 0.469 e. The summed E-state index contributed by atoms with van der Waals surface area (Å²) in [6.07, 6.45) is -0.916. The number of carbonyl (C=O) groups is 1. The molecule has 2 aliphatic carbocycles. The summed E-state index contributed by atoms with van der Waals surface area (Å²) in [4.78, 5) is 13.7. The van der Waals surface area contributed by atoms with E-state index < -0.39 is 97.2 Å². The summed E-state index contributed by atoms with van der Waals surface area (Å²) >= 11 is 0. The van der Waals surface area contributed by atoms with Gasteiger partial charge < -0.3 is 67.4 Å². The molecule has 0 radical (unpaired) electrons. The molecule has 5 saturated heterocycles. The van der Waals surface area contributed by atoms with Crippen LogP contribution in [0.2, 0.25) is 0 Å². The van der Waals surface area contributed by atoms with Gasteiger partial charge in [0.05, 0.1) is 73.5 Å². The smallest absolute Gasteiger partial charge is 0.309 e. The van der Waals surface area contributed by atoms with Crippen LogP contribution in [-0.4, -0.2) is 140 Å². The minimum absolute atomic E-state index is 0.00811. The van der Waals surface area contributed by atoms with E-state index in [1.165, 1.54) is 5.57 Å². The number of aliphatic hydroxyl groups excluding tert-OH is 3. The zero-order valence-corrected chi connectivity index (χ0v) is 33.7. The first-order chi connectivity index (χ1) is 26.7. The fourth-order valence-corrected chi connectivity index (χ4v) is 11.1. The number of esters is 1. The van der Waals surface area contributed by atoms with E-state index >= 15 is 0 Å². The summed E-state index contributed by atoms with van der Waals surface area (Å²) in [6.45, 7) is 9.89. The Morgan fingerprint density at radius 1 is 0.804 bits per heavy atom. The van der Waals surface area contributed by atoms with Gasteiger partial charge in [-0.15, -0.1) is 0 Å². The number of fused-ring (bicyclic) bond motifs is 3. The van der Waals surface area contributed by atoms with Crippen LogP contribution in [0.4, 0.5) is 0 Å². The Bertz CT molecular complexity index is 1480. The highest BCUT2D eigenvalue weighted by molar-refractivity contribution is 5.74. The minimum Gasteiger partial charge on any atom is -0.469 e. The van der Waals surface area contributed by atoms with Gasteiger partial charge in [-0.3, -0.25) is 4.79 Å². The summed E-state index contributed by atoms with van der Waals surface area (Å²) in [6, 6.07) is 0. The van der Waals surface area contributed by atoms with Crippen LogP contribution in [0.25, 0.3) is 0 Å². The van der Waals surface area contributed by atoms with E-state index in [0.717, 1.165) is 18.4 Å². The Labute approximate surface area is 329 Å². The van der Waals surface area contributed by atoms with Gasteiger partial charge in [0.1, 0.15) is 24.4 Å². The molecule has 6 heterocycles. The molecule has 1 saturated carbocycles. The van der Waals surface area contributed by atoms with E-state index in [2.05, 4.69) is 13.0 Å². The lowest BCUT2D eigenvalue weighted by atomic mass is 9.55. The van der Waals surface area contributed by atoms with E-state index in [0.29, 0.717) is 38.7 Å². The number of ether oxygens (including phenoxy) is 11. The Morgan fingerprint density at radius 3 is 2.20 bits per heavy atom.